The molecular formula is C16H19NO5. The maximum atomic E-state index is 12.6. The van der Waals surface area contributed by atoms with Crippen LogP contribution in [0.3, 0.4) is 0 Å². The molecule has 1 aromatic rings. The van der Waals surface area contributed by atoms with E-state index >= 15 is 0 Å². The van der Waals surface area contributed by atoms with Gasteiger partial charge in [0.25, 0.3) is 5.91 Å². The van der Waals surface area contributed by atoms with Crippen LogP contribution in [0, 0.1) is 5.92 Å². The van der Waals surface area contributed by atoms with Crippen LogP contribution in [-0.2, 0) is 14.3 Å². The monoisotopic (exact) mass is 305 g/mol. The molecule has 0 aromatic heterocycles. The molecule has 118 valence electrons. The minimum absolute atomic E-state index is 0.0593. The summed E-state index contributed by atoms with van der Waals surface area (Å²) >= 11 is 0. The first kappa shape index (κ1) is 16.0. The number of nitrogens with zero attached hydrogens (tertiary/aromatic N) is 1. The maximum absolute atomic E-state index is 12.6. The summed E-state index contributed by atoms with van der Waals surface area (Å²) in [6.07, 6.45) is -1.23. The molecule has 0 saturated carbocycles. The zero-order valence-electron chi connectivity index (χ0n) is 12.6. The highest BCUT2D eigenvalue weighted by Gasteiger charge is 2.42. The number of ether oxygens (including phenoxy) is 2. The van der Waals surface area contributed by atoms with Gasteiger partial charge in [0.05, 0.1) is 6.04 Å². The summed E-state index contributed by atoms with van der Waals surface area (Å²) in [5.41, 5.74) is 0. The normalized spacial score (nSPS) is 19.0. The van der Waals surface area contributed by atoms with Crippen LogP contribution in [0.2, 0.25) is 0 Å². The third-order valence-corrected chi connectivity index (χ3v) is 3.52. The van der Waals surface area contributed by atoms with Crippen molar-refractivity contribution in [3.05, 3.63) is 30.3 Å². The van der Waals surface area contributed by atoms with Gasteiger partial charge in [-0.3, -0.25) is 4.79 Å². The number of hydrogen-bond donors (Lipinski definition) is 0. The minimum Gasteiger partial charge on any atom is -0.480 e. The summed E-state index contributed by atoms with van der Waals surface area (Å²) < 4.78 is 10.5. The number of aldehydes is 1. The van der Waals surface area contributed by atoms with Crippen molar-refractivity contribution in [1.29, 1.82) is 0 Å². The van der Waals surface area contributed by atoms with Crippen LogP contribution in [0.25, 0.3) is 0 Å². The van der Waals surface area contributed by atoms with Gasteiger partial charge in [0, 0.05) is 6.42 Å². The molecule has 0 unspecified atom stereocenters. The second kappa shape index (κ2) is 7.06. The first-order valence-corrected chi connectivity index (χ1v) is 7.19. The molecule has 0 N–H and O–H groups in total. The van der Waals surface area contributed by atoms with Crippen molar-refractivity contribution in [2.75, 3.05) is 6.61 Å². The maximum Gasteiger partial charge on any atom is 0.417 e. The molecule has 1 saturated heterocycles. The lowest BCUT2D eigenvalue weighted by atomic mass is 10.0. The van der Waals surface area contributed by atoms with E-state index < -0.39 is 18.1 Å². The Morgan fingerprint density at radius 3 is 2.68 bits per heavy atom. The van der Waals surface area contributed by atoms with Crippen LogP contribution in [-0.4, -0.2) is 41.9 Å². The Morgan fingerprint density at radius 1 is 1.41 bits per heavy atom. The molecule has 0 spiro atoms. The van der Waals surface area contributed by atoms with Gasteiger partial charge in [0.15, 0.2) is 6.10 Å². The minimum atomic E-state index is -1.04. The van der Waals surface area contributed by atoms with E-state index in [1.54, 1.807) is 24.3 Å². The summed E-state index contributed by atoms with van der Waals surface area (Å²) in [5, 5.41) is 0. The fourth-order valence-corrected chi connectivity index (χ4v) is 2.29. The summed E-state index contributed by atoms with van der Waals surface area (Å²) in [6, 6.07) is 8.38. The number of rotatable bonds is 6. The average Bonchev–Trinajstić information content (AvgIpc) is 2.89. The van der Waals surface area contributed by atoms with Crippen LogP contribution >= 0.6 is 0 Å². The van der Waals surface area contributed by atoms with E-state index in [2.05, 4.69) is 0 Å². The van der Waals surface area contributed by atoms with E-state index in [0.717, 1.165) is 4.90 Å². The largest absolute Gasteiger partial charge is 0.480 e. The fraction of sp³-hybridized carbons (Fsp3) is 0.438. The van der Waals surface area contributed by atoms with Crippen molar-refractivity contribution < 1.29 is 23.9 Å². The highest BCUT2D eigenvalue weighted by molar-refractivity contribution is 5.97. The van der Waals surface area contributed by atoms with Crippen molar-refractivity contribution in [1.82, 2.24) is 4.90 Å². The highest BCUT2D eigenvalue weighted by atomic mass is 16.6. The Kier molecular flexibility index (Phi) is 5.14. The summed E-state index contributed by atoms with van der Waals surface area (Å²) in [5.74, 6) is -0.0162. The van der Waals surface area contributed by atoms with Gasteiger partial charge in [0.1, 0.15) is 18.6 Å². The molecule has 1 aromatic carbocycles. The van der Waals surface area contributed by atoms with Crippen LogP contribution in [0.15, 0.2) is 30.3 Å². The van der Waals surface area contributed by atoms with Gasteiger partial charge in [-0.1, -0.05) is 32.0 Å². The number of carbonyl (C=O) groups excluding carboxylic acids is 3. The van der Waals surface area contributed by atoms with Crippen LogP contribution in [0.4, 0.5) is 4.79 Å². The zero-order valence-corrected chi connectivity index (χ0v) is 12.6. The number of benzene rings is 1. The molecular weight excluding hydrogens is 286 g/mol. The number of amides is 2. The van der Waals surface area contributed by atoms with Gasteiger partial charge in [-0.15, -0.1) is 0 Å². The molecule has 1 aliphatic rings. The van der Waals surface area contributed by atoms with E-state index in [-0.39, 0.29) is 25.0 Å². The smallest absolute Gasteiger partial charge is 0.417 e. The standard InChI is InChI=1S/C16H19NO5/c1-11(2)13-10-21-16(20)17(13)15(19)14(8-9-18)22-12-6-4-3-5-7-12/h3-7,9,11,13-14H,8,10H2,1-2H3/t13-,14-/m1/s1. The van der Waals surface area contributed by atoms with E-state index in [4.69, 9.17) is 9.47 Å². The number of para-hydroxylation sites is 1. The molecule has 2 amide bonds. The highest BCUT2D eigenvalue weighted by Crippen LogP contribution is 2.22. The molecule has 2 atom stereocenters. The van der Waals surface area contributed by atoms with Crippen LogP contribution in [0.1, 0.15) is 20.3 Å². The average molecular weight is 305 g/mol. The summed E-state index contributed by atoms with van der Waals surface area (Å²) in [6.45, 7) is 3.97. The second-order valence-electron chi connectivity index (χ2n) is 5.42. The summed E-state index contributed by atoms with van der Waals surface area (Å²) in [7, 11) is 0. The first-order valence-electron chi connectivity index (χ1n) is 7.19. The van der Waals surface area contributed by atoms with Gasteiger partial charge in [0.2, 0.25) is 0 Å². The molecule has 6 heteroatoms. The van der Waals surface area contributed by atoms with E-state index in [1.165, 1.54) is 0 Å². The zero-order chi connectivity index (χ0) is 16.1. The molecule has 1 fully saturated rings. The van der Waals surface area contributed by atoms with Crippen LogP contribution in [0.5, 0.6) is 5.75 Å². The Hall–Kier alpha value is -2.37. The van der Waals surface area contributed by atoms with E-state index in [9.17, 15) is 14.4 Å². The lowest BCUT2D eigenvalue weighted by Crippen LogP contribution is -2.48. The molecule has 2 rings (SSSR count). The van der Waals surface area contributed by atoms with E-state index in [0.29, 0.717) is 12.0 Å². The van der Waals surface area contributed by atoms with E-state index in [1.807, 2.05) is 19.9 Å². The Labute approximate surface area is 129 Å². The number of imide groups is 1. The lowest BCUT2D eigenvalue weighted by Gasteiger charge is -2.26. The first-order chi connectivity index (χ1) is 10.5. The third-order valence-electron chi connectivity index (χ3n) is 3.52. The number of hydrogen-bond acceptors (Lipinski definition) is 5. The van der Waals surface area contributed by atoms with Crippen molar-refractivity contribution in [3.8, 4) is 5.75 Å². The Bertz CT molecular complexity index is 543. The van der Waals surface area contributed by atoms with Crippen molar-refractivity contribution in [2.24, 2.45) is 5.92 Å². The second-order valence-corrected chi connectivity index (χ2v) is 5.42. The molecule has 0 aliphatic carbocycles. The molecule has 22 heavy (non-hydrogen) atoms. The van der Waals surface area contributed by atoms with Crippen molar-refractivity contribution in [2.45, 2.75) is 32.4 Å². The molecule has 1 aliphatic heterocycles. The van der Waals surface area contributed by atoms with Gasteiger partial charge in [-0.25, -0.2) is 9.69 Å². The predicted molar refractivity (Wildman–Crippen MR) is 78.4 cm³/mol. The quantitative estimate of drug-likeness (QED) is 0.752. The van der Waals surface area contributed by atoms with Gasteiger partial charge in [-0.2, -0.15) is 0 Å². The number of carbonyl (C=O) groups is 3. The van der Waals surface area contributed by atoms with Crippen LogP contribution < -0.4 is 4.74 Å². The molecule has 1 heterocycles. The Balaban J connectivity index is 2.18. The third kappa shape index (κ3) is 3.44. The molecule has 0 bridgehead atoms. The van der Waals surface area contributed by atoms with Crippen molar-refractivity contribution >= 4 is 18.3 Å². The Morgan fingerprint density at radius 2 is 2.09 bits per heavy atom. The summed E-state index contributed by atoms with van der Waals surface area (Å²) in [4.78, 5) is 36.4. The van der Waals surface area contributed by atoms with Gasteiger partial charge >= 0.3 is 6.09 Å². The molecule has 0 radical (unpaired) electrons. The van der Waals surface area contributed by atoms with Gasteiger partial charge < -0.3 is 14.3 Å². The molecule has 6 nitrogen and oxygen atoms in total. The topological polar surface area (TPSA) is 72.9 Å². The van der Waals surface area contributed by atoms with Crippen molar-refractivity contribution in [3.63, 3.8) is 0 Å². The predicted octanol–water partition coefficient (Wildman–Crippen LogP) is 2.03. The SMILES string of the molecule is CC(C)[C@H]1COC(=O)N1C(=O)[C@@H](CC=O)Oc1ccccc1. The fourth-order valence-electron chi connectivity index (χ4n) is 2.29. The lowest BCUT2D eigenvalue weighted by molar-refractivity contribution is -0.138. The number of cyclic esters (lactones) is 1. The van der Waals surface area contributed by atoms with Gasteiger partial charge in [-0.05, 0) is 18.1 Å².